The number of nitrogens with two attached hydrogens (primary N) is 1. The molecule has 134 valence electrons. The van der Waals surface area contributed by atoms with Crippen LogP contribution in [-0.2, 0) is 23.7 Å². The number of rotatable bonds is 14. The van der Waals surface area contributed by atoms with Crippen LogP contribution >= 0.6 is 0 Å². The van der Waals surface area contributed by atoms with Gasteiger partial charge in [0.1, 0.15) is 6.23 Å². The Kier molecular flexibility index (Phi) is 21.5. The van der Waals surface area contributed by atoms with E-state index in [1.165, 1.54) is 0 Å². The first-order valence-corrected chi connectivity index (χ1v) is 7.11. The summed E-state index contributed by atoms with van der Waals surface area (Å²) in [7, 11) is 0. The van der Waals surface area contributed by atoms with E-state index in [1.807, 2.05) is 0 Å². The van der Waals surface area contributed by atoms with Crippen molar-refractivity contribution in [2.45, 2.75) is 19.6 Å². The van der Waals surface area contributed by atoms with Gasteiger partial charge in [0.2, 0.25) is 0 Å². The summed E-state index contributed by atoms with van der Waals surface area (Å²) in [4.78, 5) is 9.37. The largest absolute Gasteiger partial charge is 0.481 e. The maximum atomic E-state index is 9.37. The number of aliphatic hydroxyl groups excluding tert-OH is 2. The van der Waals surface area contributed by atoms with E-state index >= 15 is 0 Å². The van der Waals surface area contributed by atoms with Gasteiger partial charge in [-0.2, -0.15) is 0 Å². The summed E-state index contributed by atoms with van der Waals surface area (Å²) in [6.07, 6.45) is -0.711. The summed E-state index contributed by atoms with van der Waals surface area (Å²) in [5, 5.41) is 24.8. The number of hydrogen-bond donors (Lipinski definition) is 4. The highest BCUT2D eigenvalue weighted by Gasteiger charge is 1.95. The highest BCUT2D eigenvalue weighted by Crippen LogP contribution is 1.83. The number of aliphatic hydroxyl groups is 2. The molecule has 1 atom stereocenters. The molecule has 0 rings (SSSR count). The van der Waals surface area contributed by atoms with Crippen molar-refractivity contribution in [3.8, 4) is 0 Å². The summed E-state index contributed by atoms with van der Waals surface area (Å²) in [5.74, 6) is -0.745. The summed E-state index contributed by atoms with van der Waals surface area (Å²) in [5.41, 5.74) is 5.07. The van der Waals surface area contributed by atoms with E-state index < -0.39 is 12.2 Å². The molecular formula is C13H29NO8. The average molecular weight is 327 g/mol. The molecule has 0 heterocycles. The molecular weight excluding hydrogens is 298 g/mol. The van der Waals surface area contributed by atoms with Crippen molar-refractivity contribution in [2.24, 2.45) is 5.73 Å². The number of carboxylic acids is 1. The molecule has 5 N–H and O–H groups in total. The van der Waals surface area contributed by atoms with Gasteiger partial charge in [0, 0.05) is 6.42 Å². The summed E-state index contributed by atoms with van der Waals surface area (Å²) in [6, 6.07) is 0. The van der Waals surface area contributed by atoms with Crippen molar-refractivity contribution in [1.29, 1.82) is 0 Å². The molecule has 0 amide bonds. The molecule has 9 heteroatoms. The molecule has 0 aliphatic rings. The second kappa shape index (κ2) is 20.2. The van der Waals surface area contributed by atoms with Crippen molar-refractivity contribution >= 4 is 5.97 Å². The lowest BCUT2D eigenvalue weighted by Crippen LogP contribution is -2.26. The van der Waals surface area contributed by atoms with E-state index in [9.17, 15) is 4.79 Å². The Morgan fingerprint density at radius 2 is 1.32 bits per heavy atom. The minimum Gasteiger partial charge on any atom is -0.481 e. The third-order valence-electron chi connectivity index (χ3n) is 1.94. The Morgan fingerprint density at radius 3 is 1.64 bits per heavy atom. The van der Waals surface area contributed by atoms with Crippen LogP contribution < -0.4 is 5.73 Å². The van der Waals surface area contributed by atoms with E-state index in [0.29, 0.717) is 46.2 Å². The topological polar surface area (TPSA) is 141 Å². The monoisotopic (exact) mass is 327 g/mol. The molecule has 0 bridgehead atoms. The van der Waals surface area contributed by atoms with Gasteiger partial charge in [-0.1, -0.05) is 6.92 Å². The van der Waals surface area contributed by atoms with Crippen molar-refractivity contribution < 1.29 is 39.1 Å². The second-order valence-electron chi connectivity index (χ2n) is 3.95. The lowest BCUT2D eigenvalue weighted by molar-refractivity contribution is -0.136. The predicted octanol–water partition coefficient (Wildman–Crippen LogP) is -1.20. The molecule has 0 saturated heterocycles. The molecule has 0 aromatic heterocycles. The highest BCUT2D eigenvalue weighted by molar-refractivity contribution is 5.66. The normalized spacial score (nSPS) is 11.6. The Bertz CT molecular complexity index is 228. The predicted molar refractivity (Wildman–Crippen MR) is 78.5 cm³/mol. The number of carbonyl (C=O) groups is 1. The van der Waals surface area contributed by atoms with Crippen LogP contribution in [0.4, 0.5) is 0 Å². The van der Waals surface area contributed by atoms with Gasteiger partial charge in [0.15, 0.2) is 0 Å². The second-order valence-corrected chi connectivity index (χ2v) is 3.95. The molecule has 0 aliphatic carbocycles. The van der Waals surface area contributed by atoms with E-state index in [0.717, 1.165) is 0 Å². The molecule has 9 nitrogen and oxygen atoms in total. The van der Waals surface area contributed by atoms with E-state index in [-0.39, 0.29) is 19.6 Å². The number of hydrogen-bond acceptors (Lipinski definition) is 8. The maximum absolute atomic E-state index is 9.37. The SMILES string of the molecule is CCC(=O)O.NC(O)COCCOCCOCCOCCO. The Labute approximate surface area is 130 Å². The van der Waals surface area contributed by atoms with Gasteiger partial charge in [0.25, 0.3) is 0 Å². The first-order valence-electron chi connectivity index (χ1n) is 7.11. The van der Waals surface area contributed by atoms with Gasteiger partial charge in [-0.05, 0) is 0 Å². The smallest absolute Gasteiger partial charge is 0.303 e. The van der Waals surface area contributed by atoms with Gasteiger partial charge in [-0.3, -0.25) is 4.79 Å². The molecule has 0 fully saturated rings. The first-order chi connectivity index (χ1) is 10.5. The number of carboxylic acid groups (broad SMARTS) is 1. The third kappa shape index (κ3) is 27.5. The molecule has 0 saturated carbocycles. The van der Waals surface area contributed by atoms with Crippen molar-refractivity contribution in [3.05, 3.63) is 0 Å². The molecule has 1 unspecified atom stereocenters. The van der Waals surface area contributed by atoms with Crippen LogP contribution in [0.3, 0.4) is 0 Å². The highest BCUT2D eigenvalue weighted by atomic mass is 16.6. The zero-order valence-electron chi connectivity index (χ0n) is 13.1. The van der Waals surface area contributed by atoms with Gasteiger partial charge in [-0.25, -0.2) is 0 Å². The standard InChI is InChI=1S/C10H23NO6.C3H6O2/c11-10(13)9-17-8-7-16-6-5-15-4-3-14-2-1-12;1-2-3(4)5/h10,12-13H,1-9,11H2;2H2,1H3,(H,4,5). The molecule has 22 heavy (non-hydrogen) atoms. The Morgan fingerprint density at radius 1 is 0.955 bits per heavy atom. The minimum atomic E-state index is -0.933. The first kappa shape index (κ1) is 23.5. The zero-order chi connectivity index (χ0) is 17.1. The average Bonchev–Trinajstić information content (AvgIpc) is 2.48. The number of aliphatic carboxylic acids is 1. The van der Waals surface area contributed by atoms with E-state index in [2.05, 4.69) is 0 Å². The van der Waals surface area contributed by atoms with Crippen molar-refractivity contribution in [3.63, 3.8) is 0 Å². The Balaban J connectivity index is 0. The molecule has 0 spiro atoms. The lowest BCUT2D eigenvalue weighted by atomic mass is 10.5. The minimum absolute atomic E-state index is 0.0284. The summed E-state index contributed by atoms with van der Waals surface area (Å²) >= 11 is 0. The summed E-state index contributed by atoms with van der Waals surface area (Å²) in [6.45, 7) is 4.84. The van der Waals surface area contributed by atoms with Gasteiger partial charge >= 0.3 is 5.97 Å². The van der Waals surface area contributed by atoms with Crippen LogP contribution in [0.5, 0.6) is 0 Å². The van der Waals surface area contributed by atoms with Crippen LogP contribution in [0.1, 0.15) is 13.3 Å². The summed E-state index contributed by atoms with van der Waals surface area (Å²) < 4.78 is 20.4. The van der Waals surface area contributed by atoms with Gasteiger partial charge in [0.05, 0.1) is 59.5 Å². The lowest BCUT2D eigenvalue weighted by Gasteiger charge is -2.07. The molecule has 0 aromatic rings. The van der Waals surface area contributed by atoms with Gasteiger partial charge in [-0.15, -0.1) is 0 Å². The van der Waals surface area contributed by atoms with E-state index in [4.69, 9.17) is 40.0 Å². The van der Waals surface area contributed by atoms with E-state index in [1.54, 1.807) is 6.92 Å². The fourth-order valence-electron chi connectivity index (χ4n) is 0.928. The van der Waals surface area contributed by atoms with Crippen molar-refractivity contribution in [2.75, 3.05) is 59.5 Å². The fraction of sp³-hybridized carbons (Fsp3) is 0.923. The molecule has 0 radical (unpaired) electrons. The number of ether oxygens (including phenoxy) is 4. The quantitative estimate of drug-likeness (QED) is 0.229. The van der Waals surface area contributed by atoms with Crippen LogP contribution in [0.25, 0.3) is 0 Å². The third-order valence-corrected chi connectivity index (χ3v) is 1.94. The van der Waals surface area contributed by atoms with Crippen LogP contribution in [0, 0.1) is 0 Å². The molecule has 0 aromatic carbocycles. The Hall–Kier alpha value is -0.810. The van der Waals surface area contributed by atoms with Crippen LogP contribution in [0.15, 0.2) is 0 Å². The maximum Gasteiger partial charge on any atom is 0.303 e. The van der Waals surface area contributed by atoms with Crippen LogP contribution in [0.2, 0.25) is 0 Å². The van der Waals surface area contributed by atoms with Crippen molar-refractivity contribution in [1.82, 2.24) is 0 Å². The molecule has 0 aliphatic heterocycles. The van der Waals surface area contributed by atoms with Gasteiger partial charge < -0.3 is 40.0 Å². The fourth-order valence-corrected chi connectivity index (χ4v) is 0.928. The zero-order valence-corrected chi connectivity index (χ0v) is 13.1. The van der Waals surface area contributed by atoms with Crippen LogP contribution in [-0.4, -0.2) is 87.0 Å².